The highest BCUT2D eigenvalue weighted by Gasteiger charge is 2.21. The van der Waals surface area contributed by atoms with E-state index in [-0.39, 0.29) is 11.9 Å². The largest absolute Gasteiger partial charge is 0.388 e. The smallest absolute Gasteiger partial charge is 0.123 e. The highest BCUT2D eigenvalue weighted by atomic mass is 19.1. The van der Waals surface area contributed by atoms with Gasteiger partial charge >= 0.3 is 0 Å². The van der Waals surface area contributed by atoms with E-state index in [2.05, 4.69) is 5.32 Å². The van der Waals surface area contributed by atoms with E-state index < -0.39 is 5.60 Å². The summed E-state index contributed by atoms with van der Waals surface area (Å²) in [5.74, 6) is -0.204. The predicted molar refractivity (Wildman–Crippen MR) is 76.7 cm³/mol. The number of likely N-dealkylation sites (N-methyl/N-ethyl adjacent to an activating group) is 1. The maximum Gasteiger partial charge on any atom is 0.123 e. The van der Waals surface area contributed by atoms with Gasteiger partial charge in [-0.3, -0.25) is 0 Å². The van der Waals surface area contributed by atoms with Crippen LogP contribution in [0.15, 0.2) is 24.3 Å². The fraction of sp³-hybridized carbons (Fsp3) is 0.600. The summed E-state index contributed by atoms with van der Waals surface area (Å²) in [5, 5.41) is 13.5. The van der Waals surface area contributed by atoms with Gasteiger partial charge in [-0.1, -0.05) is 12.1 Å². The van der Waals surface area contributed by atoms with Gasteiger partial charge in [-0.15, -0.1) is 0 Å². The molecule has 2 unspecified atom stereocenters. The van der Waals surface area contributed by atoms with E-state index in [9.17, 15) is 9.50 Å². The Kier molecular flexibility index (Phi) is 5.91. The maximum absolute atomic E-state index is 13.1. The van der Waals surface area contributed by atoms with Crippen molar-refractivity contribution in [3.63, 3.8) is 0 Å². The number of halogens is 1. The minimum Gasteiger partial charge on any atom is -0.388 e. The van der Waals surface area contributed by atoms with Crippen LogP contribution in [0.2, 0.25) is 0 Å². The molecular weight excluding hydrogens is 243 g/mol. The lowest BCUT2D eigenvalue weighted by molar-refractivity contribution is 0.0318. The van der Waals surface area contributed by atoms with Gasteiger partial charge < -0.3 is 15.3 Å². The Morgan fingerprint density at radius 3 is 2.68 bits per heavy atom. The predicted octanol–water partition coefficient (Wildman–Crippen LogP) is 1.66. The van der Waals surface area contributed by atoms with E-state index in [4.69, 9.17) is 0 Å². The van der Waals surface area contributed by atoms with E-state index in [0.29, 0.717) is 13.1 Å². The molecule has 0 saturated carbocycles. The standard InChI is InChI=1S/C15H25FN2O/c1-12(8-13-6-5-7-14(16)9-13)17-10-15(2,19)11-18(3)4/h5-7,9,12,17,19H,8,10-11H2,1-4H3. The molecule has 1 rings (SSSR count). The molecule has 19 heavy (non-hydrogen) atoms. The van der Waals surface area contributed by atoms with Crippen molar-refractivity contribution in [1.29, 1.82) is 0 Å². The van der Waals surface area contributed by atoms with E-state index in [1.807, 2.05) is 38.9 Å². The van der Waals surface area contributed by atoms with Crippen LogP contribution in [-0.2, 0) is 6.42 Å². The van der Waals surface area contributed by atoms with Gasteiger partial charge in [0.1, 0.15) is 5.82 Å². The summed E-state index contributed by atoms with van der Waals surface area (Å²) >= 11 is 0. The van der Waals surface area contributed by atoms with Crippen LogP contribution < -0.4 is 5.32 Å². The molecule has 0 fully saturated rings. The Balaban J connectivity index is 2.41. The van der Waals surface area contributed by atoms with Crippen LogP contribution in [0.25, 0.3) is 0 Å². The molecule has 0 aliphatic heterocycles. The number of nitrogens with zero attached hydrogens (tertiary/aromatic N) is 1. The molecule has 4 heteroatoms. The third-order valence-corrected chi connectivity index (χ3v) is 2.92. The average Bonchev–Trinajstić information content (AvgIpc) is 2.25. The third kappa shape index (κ3) is 6.66. The van der Waals surface area contributed by atoms with Crippen molar-refractivity contribution in [3.8, 4) is 0 Å². The topological polar surface area (TPSA) is 35.5 Å². The number of hydrogen-bond donors (Lipinski definition) is 2. The fourth-order valence-electron chi connectivity index (χ4n) is 2.22. The van der Waals surface area contributed by atoms with Crippen molar-refractivity contribution in [2.75, 3.05) is 27.2 Å². The zero-order valence-corrected chi connectivity index (χ0v) is 12.3. The normalized spacial score (nSPS) is 16.4. The summed E-state index contributed by atoms with van der Waals surface area (Å²) in [6.45, 7) is 4.97. The molecule has 0 heterocycles. The van der Waals surface area contributed by atoms with Gasteiger partial charge in [-0.05, 0) is 52.1 Å². The van der Waals surface area contributed by atoms with E-state index in [1.165, 1.54) is 6.07 Å². The minimum absolute atomic E-state index is 0.190. The second-order valence-corrected chi connectivity index (χ2v) is 5.85. The van der Waals surface area contributed by atoms with Gasteiger partial charge in [0, 0.05) is 19.1 Å². The van der Waals surface area contributed by atoms with Gasteiger partial charge in [-0.25, -0.2) is 4.39 Å². The molecule has 0 aliphatic rings. The first-order chi connectivity index (χ1) is 8.78. The van der Waals surface area contributed by atoms with E-state index >= 15 is 0 Å². The summed E-state index contributed by atoms with van der Waals surface area (Å²) in [6, 6.07) is 6.83. The minimum atomic E-state index is -0.764. The number of benzene rings is 1. The molecule has 1 aromatic rings. The Morgan fingerprint density at radius 2 is 2.11 bits per heavy atom. The first kappa shape index (κ1) is 16.1. The molecule has 0 bridgehead atoms. The number of aliphatic hydroxyl groups is 1. The Hall–Kier alpha value is -0.970. The highest BCUT2D eigenvalue weighted by Crippen LogP contribution is 2.08. The number of hydrogen-bond acceptors (Lipinski definition) is 3. The van der Waals surface area contributed by atoms with Crippen molar-refractivity contribution < 1.29 is 9.50 Å². The summed E-state index contributed by atoms with van der Waals surface area (Å²) in [7, 11) is 3.87. The molecule has 1 aromatic carbocycles. The Bertz CT molecular complexity index is 393. The maximum atomic E-state index is 13.1. The SMILES string of the molecule is CC(Cc1cccc(F)c1)NCC(C)(O)CN(C)C. The molecule has 0 aliphatic carbocycles. The summed E-state index contributed by atoms with van der Waals surface area (Å²) in [6.07, 6.45) is 0.746. The van der Waals surface area contributed by atoms with Crippen LogP contribution in [0.1, 0.15) is 19.4 Å². The zero-order chi connectivity index (χ0) is 14.5. The third-order valence-electron chi connectivity index (χ3n) is 2.92. The molecule has 2 atom stereocenters. The fourth-order valence-corrected chi connectivity index (χ4v) is 2.22. The molecule has 108 valence electrons. The van der Waals surface area contributed by atoms with Gasteiger partial charge in [0.05, 0.1) is 5.60 Å². The van der Waals surface area contributed by atoms with E-state index in [1.54, 1.807) is 12.1 Å². The van der Waals surface area contributed by atoms with Gasteiger partial charge in [0.25, 0.3) is 0 Å². The summed E-state index contributed by atoms with van der Waals surface area (Å²) < 4.78 is 13.1. The van der Waals surface area contributed by atoms with Crippen LogP contribution in [-0.4, -0.2) is 48.8 Å². The molecule has 0 spiro atoms. The van der Waals surface area contributed by atoms with Crippen LogP contribution >= 0.6 is 0 Å². The first-order valence-corrected chi connectivity index (χ1v) is 6.63. The average molecular weight is 268 g/mol. The molecule has 0 radical (unpaired) electrons. The lowest BCUT2D eigenvalue weighted by Gasteiger charge is -2.28. The molecular formula is C15H25FN2O. The Labute approximate surface area is 115 Å². The summed E-state index contributed by atoms with van der Waals surface area (Å²) in [4.78, 5) is 1.96. The molecule has 0 aromatic heterocycles. The van der Waals surface area contributed by atoms with Crippen molar-refractivity contribution >= 4 is 0 Å². The second-order valence-electron chi connectivity index (χ2n) is 5.85. The monoisotopic (exact) mass is 268 g/mol. The van der Waals surface area contributed by atoms with Gasteiger partial charge in [0.2, 0.25) is 0 Å². The van der Waals surface area contributed by atoms with Crippen LogP contribution in [0.4, 0.5) is 4.39 Å². The first-order valence-electron chi connectivity index (χ1n) is 6.63. The van der Waals surface area contributed by atoms with Crippen molar-refractivity contribution in [2.45, 2.75) is 31.9 Å². The summed E-state index contributed by atoms with van der Waals surface area (Å²) in [5.41, 5.74) is 0.201. The Morgan fingerprint density at radius 1 is 1.42 bits per heavy atom. The molecule has 0 saturated heterocycles. The van der Waals surface area contributed by atoms with Crippen molar-refractivity contribution in [1.82, 2.24) is 10.2 Å². The number of nitrogens with one attached hydrogen (secondary N) is 1. The zero-order valence-electron chi connectivity index (χ0n) is 12.3. The highest BCUT2D eigenvalue weighted by molar-refractivity contribution is 5.17. The quantitative estimate of drug-likeness (QED) is 0.789. The lowest BCUT2D eigenvalue weighted by Crippen LogP contribution is -2.48. The van der Waals surface area contributed by atoms with Crippen LogP contribution in [0.3, 0.4) is 0 Å². The van der Waals surface area contributed by atoms with Crippen molar-refractivity contribution in [2.24, 2.45) is 0 Å². The molecule has 2 N–H and O–H groups in total. The molecule has 0 amide bonds. The number of rotatable bonds is 7. The van der Waals surface area contributed by atoms with Crippen LogP contribution in [0.5, 0.6) is 0 Å². The van der Waals surface area contributed by atoms with Gasteiger partial charge in [0.15, 0.2) is 0 Å². The van der Waals surface area contributed by atoms with Crippen LogP contribution in [0, 0.1) is 5.82 Å². The van der Waals surface area contributed by atoms with Crippen molar-refractivity contribution in [3.05, 3.63) is 35.6 Å². The van der Waals surface area contributed by atoms with E-state index in [0.717, 1.165) is 12.0 Å². The van der Waals surface area contributed by atoms with Gasteiger partial charge in [-0.2, -0.15) is 0 Å². The molecule has 3 nitrogen and oxygen atoms in total. The lowest BCUT2D eigenvalue weighted by atomic mass is 10.0. The second kappa shape index (κ2) is 6.98.